The van der Waals surface area contributed by atoms with Crippen LogP contribution in [0.2, 0.25) is 0 Å². The second-order valence-corrected chi connectivity index (χ2v) is 6.35. The van der Waals surface area contributed by atoms with E-state index in [9.17, 15) is 28.8 Å². The number of Topliss-reactive ketones (excluding diaryl/α,β-unsaturated/α-hetero) is 1. The van der Waals surface area contributed by atoms with Gasteiger partial charge in [-0.15, -0.1) is 6.61 Å². The van der Waals surface area contributed by atoms with E-state index in [-0.39, 0.29) is 62.0 Å². The van der Waals surface area contributed by atoms with Crippen molar-refractivity contribution in [3.63, 3.8) is 0 Å². The van der Waals surface area contributed by atoms with E-state index in [2.05, 4.69) is 23.7 Å². The van der Waals surface area contributed by atoms with E-state index in [1.165, 1.54) is 0 Å². The van der Waals surface area contributed by atoms with Gasteiger partial charge in [0.05, 0.1) is 33.0 Å². The van der Waals surface area contributed by atoms with Crippen LogP contribution < -0.4 is 34.7 Å². The molecule has 196 valence electrons. The zero-order valence-electron chi connectivity index (χ0n) is 21.3. The summed E-state index contributed by atoms with van der Waals surface area (Å²) >= 11 is 0. The Bertz CT molecular complexity index is 626. The zero-order valence-corrected chi connectivity index (χ0v) is 23.3. The Morgan fingerprint density at radius 2 is 1.26 bits per heavy atom. The summed E-state index contributed by atoms with van der Waals surface area (Å²) in [4.78, 5) is 64.5. The van der Waals surface area contributed by atoms with Crippen LogP contribution in [0.15, 0.2) is 0 Å². The smallest absolute Gasteiger partial charge is 0.855 e. The summed E-state index contributed by atoms with van der Waals surface area (Å²) in [6, 6.07) is 0. The third-order valence-corrected chi connectivity index (χ3v) is 3.71. The summed E-state index contributed by atoms with van der Waals surface area (Å²) in [6.07, 6.45) is 3.67. The van der Waals surface area contributed by atoms with Gasteiger partial charge < -0.3 is 28.8 Å². The molecule has 0 aromatic rings. The minimum absolute atomic E-state index is 0. The van der Waals surface area contributed by atoms with E-state index < -0.39 is 35.6 Å². The molecule has 0 radical (unpaired) electrons. The predicted octanol–water partition coefficient (Wildman–Crippen LogP) is -2.73. The van der Waals surface area contributed by atoms with Gasteiger partial charge in [0.2, 0.25) is 0 Å². The van der Waals surface area contributed by atoms with Gasteiger partial charge in [-0.05, 0) is 46.5 Å². The van der Waals surface area contributed by atoms with Gasteiger partial charge >= 0.3 is 59.4 Å². The molecule has 0 amide bonds. The molecule has 2 fully saturated rings. The van der Waals surface area contributed by atoms with Gasteiger partial charge in [0, 0.05) is 6.42 Å². The summed E-state index contributed by atoms with van der Waals surface area (Å²) in [6.45, 7) is 7.89. The summed E-state index contributed by atoms with van der Waals surface area (Å²) in [5, 5.41) is 8.93. The molecule has 0 N–H and O–H groups in total. The average molecular weight is 515 g/mol. The molecular formula is C22H35NaO12. The van der Waals surface area contributed by atoms with Crippen molar-refractivity contribution in [2.45, 2.75) is 59.8 Å². The molecule has 2 aliphatic rings. The first kappa shape index (κ1) is 37.5. The molecule has 2 aliphatic heterocycles. The number of carbonyl (C=O) groups is 6. The second-order valence-electron chi connectivity index (χ2n) is 6.35. The van der Waals surface area contributed by atoms with Crippen molar-refractivity contribution in [2.24, 2.45) is 5.92 Å². The topological polar surface area (TPSA) is 172 Å². The Morgan fingerprint density at radius 1 is 0.800 bits per heavy atom. The summed E-state index contributed by atoms with van der Waals surface area (Å²) in [5.74, 6) is -5.20. The molecule has 1 atom stereocenters. The Balaban J connectivity index is -0.000000429. The number of rotatable bonds is 5. The maximum Gasteiger partial charge on any atom is 1.00 e. The van der Waals surface area contributed by atoms with Gasteiger partial charge in [0.15, 0.2) is 0 Å². The molecule has 0 aliphatic carbocycles. The predicted molar refractivity (Wildman–Crippen MR) is 114 cm³/mol. The Hall–Kier alpha value is -2.02. The fraction of sp³-hybridized carbons (Fsp3) is 0.727. The van der Waals surface area contributed by atoms with Crippen LogP contribution in [0.1, 0.15) is 59.8 Å². The van der Waals surface area contributed by atoms with Crippen LogP contribution in [0.3, 0.4) is 0 Å². The fourth-order valence-corrected chi connectivity index (χ4v) is 2.27. The monoisotopic (exact) mass is 514 g/mol. The van der Waals surface area contributed by atoms with Gasteiger partial charge in [0.1, 0.15) is 5.92 Å². The van der Waals surface area contributed by atoms with Crippen LogP contribution in [-0.4, -0.2) is 75.3 Å². The summed E-state index contributed by atoms with van der Waals surface area (Å²) in [7, 11) is 0. The van der Waals surface area contributed by atoms with Crippen LogP contribution in [0, 0.1) is 5.92 Å². The van der Waals surface area contributed by atoms with E-state index in [0.717, 1.165) is 12.8 Å². The summed E-state index contributed by atoms with van der Waals surface area (Å²) in [5.41, 5.74) is 0. The number of hydrogen-bond acceptors (Lipinski definition) is 12. The molecule has 0 spiro atoms. The molecule has 0 bridgehead atoms. The number of ketones is 1. The van der Waals surface area contributed by atoms with E-state index in [4.69, 9.17) is 5.11 Å². The number of carbonyl (C=O) groups excluding carboxylic acids is 6. The van der Waals surface area contributed by atoms with Crippen LogP contribution in [0.4, 0.5) is 0 Å². The van der Waals surface area contributed by atoms with Crippen molar-refractivity contribution in [3.05, 3.63) is 0 Å². The van der Waals surface area contributed by atoms with Crippen molar-refractivity contribution in [2.75, 3.05) is 39.6 Å². The summed E-state index contributed by atoms with van der Waals surface area (Å²) < 4.78 is 22.5. The number of esters is 5. The molecular weight excluding hydrogens is 479 g/mol. The van der Waals surface area contributed by atoms with E-state index in [1.54, 1.807) is 27.7 Å². The zero-order chi connectivity index (χ0) is 26.4. The van der Waals surface area contributed by atoms with Crippen molar-refractivity contribution in [3.8, 4) is 0 Å². The maximum absolute atomic E-state index is 11.3. The second kappa shape index (κ2) is 25.1. The van der Waals surface area contributed by atoms with Crippen molar-refractivity contribution in [1.29, 1.82) is 0 Å². The van der Waals surface area contributed by atoms with Gasteiger partial charge in [-0.2, -0.15) is 0 Å². The molecule has 35 heavy (non-hydrogen) atoms. The molecule has 13 heteroatoms. The number of cyclic esters (lactones) is 2. The minimum atomic E-state index is -0.956. The van der Waals surface area contributed by atoms with Gasteiger partial charge in [-0.25, -0.2) is 14.4 Å². The molecule has 2 saturated heterocycles. The fourth-order valence-electron chi connectivity index (χ4n) is 2.27. The van der Waals surface area contributed by atoms with Crippen LogP contribution >= 0.6 is 0 Å². The molecule has 12 nitrogen and oxygen atoms in total. The van der Waals surface area contributed by atoms with Gasteiger partial charge in [-0.3, -0.25) is 14.4 Å². The van der Waals surface area contributed by atoms with Gasteiger partial charge in [-0.1, -0.05) is 6.92 Å². The van der Waals surface area contributed by atoms with Crippen LogP contribution in [-0.2, 0) is 52.5 Å². The average Bonchev–Trinajstić information content (AvgIpc) is 2.81. The SMILES string of the molecule is CCOC(=O)C(=O)C1CCCOC1=O.CCOC(=O)C(=O)OCC.CC[O-].O=C1CCCCO1.[Na+]. The quantitative estimate of drug-likeness (QED) is 0.122. The van der Waals surface area contributed by atoms with Crippen molar-refractivity contribution < 1.29 is 87.1 Å². The molecule has 1 unspecified atom stereocenters. The normalized spacial score (nSPS) is 15.7. The molecule has 2 rings (SSSR count). The molecule has 0 aromatic heterocycles. The standard InChI is InChI=1S/C9H12O5.C6H10O4.C5H8O2.C2H5O.Na/c1-2-13-9(12)7(10)6-4-3-5-14-8(6)11;1-3-9-5(7)6(8)10-4-2;6-5-3-1-2-4-7-5;1-2-3;/h6H,2-5H2,1H3;3-4H2,1-2H3;1-4H2;2H2,1H3;/q;;;-1;+1. The van der Waals surface area contributed by atoms with E-state index in [0.29, 0.717) is 32.5 Å². The Morgan fingerprint density at radius 3 is 1.60 bits per heavy atom. The molecule has 0 saturated carbocycles. The first-order chi connectivity index (χ1) is 16.2. The minimum Gasteiger partial charge on any atom is -0.855 e. The van der Waals surface area contributed by atoms with Gasteiger partial charge in [0.25, 0.3) is 5.78 Å². The Labute approximate surface area is 227 Å². The Kier molecular flexibility index (Phi) is 26.9. The third kappa shape index (κ3) is 19.9. The van der Waals surface area contributed by atoms with E-state index >= 15 is 0 Å². The maximum atomic E-state index is 11.3. The van der Waals surface area contributed by atoms with Crippen LogP contribution in [0.25, 0.3) is 0 Å². The molecule has 2 heterocycles. The molecule has 0 aromatic carbocycles. The first-order valence-corrected chi connectivity index (χ1v) is 11.1. The van der Waals surface area contributed by atoms with E-state index in [1.807, 2.05) is 0 Å². The van der Waals surface area contributed by atoms with Crippen LogP contribution in [0.5, 0.6) is 0 Å². The first-order valence-electron chi connectivity index (χ1n) is 11.1. The number of hydrogen-bond donors (Lipinski definition) is 0. The van der Waals surface area contributed by atoms with Crippen molar-refractivity contribution in [1.82, 2.24) is 0 Å². The third-order valence-electron chi connectivity index (χ3n) is 3.71. The largest absolute Gasteiger partial charge is 1.00 e. The van der Waals surface area contributed by atoms with Crippen molar-refractivity contribution >= 4 is 35.6 Å². The number of ether oxygens (including phenoxy) is 5.